The third-order valence-electron chi connectivity index (χ3n) is 4.87. The first-order valence-corrected chi connectivity index (χ1v) is 9.21. The van der Waals surface area contributed by atoms with Gasteiger partial charge in [-0.2, -0.15) is 26.3 Å². The number of fused-ring (bicyclic) bond motifs is 1. The Morgan fingerprint density at radius 3 is 2.31 bits per heavy atom. The second-order valence-electron chi connectivity index (χ2n) is 7.14. The predicted molar refractivity (Wildman–Crippen MR) is 102 cm³/mol. The molecule has 1 aliphatic carbocycles. The van der Waals surface area contributed by atoms with Gasteiger partial charge in [-0.3, -0.25) is 4.98 Å². The quantitative estimate of drug-likeness (QED) is 0.470. The average Bonchev–Trinajstić information content (AvgIpc) is 3.04. The third kappa shape index (κ3) is 5.42. The molecular weight excluding hydrogens is 444 g/mol. The minimum Gasteiger partial charge on any atom is -0.490 e. The Bertz CT molecular complexity index is 1090. The second-order valence-corrected chi connectivity index (χ2v) is 7.14. The zero-order valence-corrected chi connectivity index (χ0v) is 16.2. The van der Waals surface area contributed by atoms with Crippen molar-refractivity contribution >= 4 is 22.6 Å². The lowest BCUT2D eigenvalue weighted by Crippen LogP contribution is -2.32. The minimum atomic E-state index is -5.08. The molecule has 6 nitrogen and oxygen atoms in total. The molecule has 2 heterocycles. The monoisotopic (exact) mass is 461 g/mol. The van der Waals surface area contributed by atoms with E-state index in [-0.39, 0.29) is 12.0 Å². The summed E-state index contributed by atoms with van der Waals surface area (Å²) in [4.78, 5) is 15.5. The Morgan fingerprint density at radius 1 is 1.12 bits per heavy atom. The fraction of sp³-hybridized carbons (Fsp3) is 0.300. The van der Waals surface area contributed by atoms with Crippen molar-refractivity contribution in [2.75, 3.05) is 5.73 Å². The summed E-state index contributed by atoms with van der Waals surface area (Å²) in [6.45, 7) is 0. The number of benzene rings is 1. The van der Waals surface area contributed by atoms with E-state index < -0.39 is 24.0 Å². The summed E-state index contributed by atoms with van der Waals surface area (Å²) < 4.78 is 75.3. The highest BCUT2D eigenvalue weighted by atomic mass is 19.4. The molecule has 1 aliphatic rings. The molecule has 0 bridgehead atoms. The number of nitrogen functional groups attached to an aromatic ring is 1. The van der Waals surface area contributed by atoms with E-state index in [1.165, 1.54) is 12.3 Å². The molecule has 0 amide bonds. The zero-order valence-electron chi connectivity index (χ0n) is 16.2. The van der Waals surface area contributed by atoms with E-state index in [4.69, 9.17) is 20.4 Å². The summed E-state index contributed by atoms with van der Waals surface area (Å²) in [5.74, 6) is -1.83. The van der Waals surface area contributed by atoms with Crippen molar-refractivity contribution in [3.8, 4) is 5.75 Å². The molecule has 0 saturated heterocycles. The summed E-state index contributed by atoms with van der Waals surface area (Å²) in [7, 11) is 0. The number of carboxylic acids is 1. The minimum absolute atomic E-state index is 0.0462. The van der Waals surface area contributed by atoms with Crippen molar-refractivity contribution in [1.82, 2.24) is 9.97 Å². The van der Waals surface area contributed by atoms with Crippen LogP contribution >= 0.6 is 0 Å². The molecule has 4 rings (SSSR count). The van der Waals surface area contributed by atoms with E-state index in [1.807, 2.05) is 18.2 Å². The molecule has 32 heavy (non-hydrogen) atoms. The maximum Gasteiger partial charge on any atom is 0.490 e. The molecule has 0 radical (unpaired) electrons. The molecule has 1 fully saturated rings. The Hall–Kier alpha value is -3.44. The first-order valence-electron chi connectivity index (χ1n) is 9.21. The van der Waals surface area contributed by atoms with Gasteiger partial charge in [0.2, 0.25) is 0 Å². The SMILES string of the molecule is Nc1c[nH]c2ccc(O[C@H]3C[C@@H](c4ccc(C(F)(F)F)nc4)C3)cc12.O=C(O)C(F)(F)F. The normalized spacial score (nSPS) is 18.4. The fourth-order valence-electron chi connectivity index (χ4n) is 3.14. The smallest absolute Gasteiger partial charge is 0.490 e. The van der Waals surface area contributed by atoms with E-state index in [1.54, 1.807) is 6.20 Å². The van der Waals surface area contributed by atoms with Gasteiger partial charge in [-0.25, -0.2) is 4.79 Å². The molecule has 0 spiro atoms. The van der Waals surface area contributed by atoms with Gasteiger partial charge < -0.3 is 20.6 Å². The van der Waals surface area contributed by atoms with Gasteiger partial charge in [-0.15, -0.1) is 0 Å². The van der Waals surface area contributed by atoms with E-state index in [0.717, 1.165) is 41.1 Å². The highest BCUT2D eigenvalue weighted by Gasteiger charge is 2.38. The first-order chi connectivity index (χ1) is 14.8. The molecule has 4 N–H and O–H groups in total. The van der Waals surface area contributed by atoms with Crippen LogP contribution in [-0.4, -0.2) is 33.3 Å². The average molecular weight is 461 g/mol. The summed E-state index contributed by atoms with van der Waals surface area (Å²) in [6, 6.07) is 8.23. The molecule has 2 aromatic heterocycles. The van der Waals surface area contributed by atoms with E-state index in [9.17, 15) is 26.3 Å². The molecule has 0 unspecified atom stereocenters. The van der Waals surface area contributed by atoms with Crippen LogP contribution in [0.3, 0.4) is 0 Å². The van der Waals surface area contributed by atoms with E-state index in [0.29, 0.717) is 5.69 Å². The van der Waals surface area contributed by atoms with Crippen LogP contribution in [0.25, 0.3) is 10.9 Å². The number of anilines is 1. The number of hydrogen-bond donors (Lipinski definition) is 3. The largest absolute Gasteiger partial charge is 0.490 e. The number of rotatable bonds is 3. The topological polar surface area (TPSA) is 101 Å². The van der Waals surface area contributed by atoms with Gasteiger partial charge in [0.25, 0.3) is 0 Å². The highest BCUT2D eigenvalue weighted by molar-refractivity contribution is 5.92. The number of H-pyrrole nitrogens is 1. The number of alkyl halides is 6. The van der Waals surface area contributed by atoms with Crippen LogP contribution in [0.4, 0.5) is 32.0 Å². The number of halogens is 6. The predicted octanol–water partition coefficient (Wildman–Crippen LogP) is 5.12. The van der Waals surface area contributed by atoms with Crippen molar-refractivity contribution < 1.29 is 41.0 Å². The number of carbonyl (C=O) groups is 1. The molecule has 0 aliphatic heterocycles. The number of nitrogens with zero attached hydrogens (tertiary/aromatic N) is 1. The summed E-state index contributed by atoms with van der Waals surface area (Å²) in [5.41, 5.74) is 7.47. The Morgan fingerprint density at radius 2 is 1.78 bits per heavy atom. The number of ether oxygens (including phenoxy) is 1. The van der Waals surface area contributed by atoms with Crippen LogP contribution in [0.1, 0.15) is 30.0 Å². The lowest BCUT2D eigenvalue weighted by molar-refractivity contribution is -0.192. The summed E-state index contributed by atoms with van der Waals surface area (Å²) in [5, 5.41) is 8.04. The molecule has 3 aromatic rings. The number of hydrogen-bond acceptors (Lipinski definition) is 4. The molecule has 12 heteroatoms. The molecular formula is C20H17F6N3O3. The van der Waals surface area contributed by atoms with Gasteiger partial charge >= 0.3 is 18.3 Å². The molecule has 172 valence electrons. The number of aromatic nitrogens is 2. The number of carboxylic acid groups (broad SMARTS) is 1. The lowest BCUT2D eigenvalue weighted by Gasteiger charge is -2.35. The van der Waals surface area contributed by atoms with Crippen molar-refractivity contribution in [1.29, 1.82) is 0 Å². The van der Waals surface area contributed by atoms with Crippen molar-refractivity contribution in [2.24, 2.45) is 0 Å². The van der Waals surface area contributed by atoms with Gasteiger partial charge in [0.15, 0.2) is 0 Å². The van der Waals surface area contributed by atoms with Crippen LogP contribution in [0, 0.1) is 0 Å². The summed E-state index contributed by atoms with van der Waals surface area (Å²) in [6.07, 6.45) is -4.86. The number of aromatic amines is 1. The number of nitrogens with two attached hydrogens (primary N) is 1. The van der Waals surface area contributed by atoms with Crippen molar-refractivity contribution in [3.63, 3.8) is 0 Å². The maximum atomic E-state index is 12.5. The Labute approximate surface area is 177 Å². The van der Waals surface area contributed by atoms with Crippen LogP contribution in [-0.2, 0) is 11.0 Å². The highest BCUT2D eigenvalue weighted by Crippen LogP contribution is 2.40. The molecule has 1 aromatic carbocycles. The Kier molecular flexibility index (Phi) is 6.24. The maximum absolute atomic E-state index is 12.5. The third-order valence-corrected chi connectivity index (χ3v) is 4.87. The van der Waals surface area contributed by atoms with Gasteiger partial charge in [-0.1, -0.05) is 6.07 Å². The van der Waals surface area contributed by atoms with Gasteiger partial charge in [0, 0.05) is 23.3 Å². The number of aliphatic carboxylic acids is 1. The fourth-order valence-corrected chi connectivity index (χ4v) is 3.14. The molecule has 0 atom stereocenters. The first kappa shape index (κ1) is 23.2. The number of nitrogens with one attached hydrogen (secondary N) is 1. The standard InChI is InChI=1S/C18H16F3N3O.C2HF3O2/c19-18(20,21)17-4-1-10(8-24-17)11-5-13(6-11)25-12-2-3-16-14(7-12)15(22)9-23-16;3-2(4,5)1(6)7/h1-4,7-9,11,13,23H,5-6,22H2;(H,6,7)/t11-,13+;. The zero-order chi connectivity index (χ0) is 23.7. The van der Waals surface area contributed by atoms with Crippen molar-refractivity contribution in [2.45, 2.75) is 37.2 Å². The second kappa shape index (κ2) is 8.60. The summed E-state index contributed by atoms with van der Waals surface area (Å²) >= 11 is 0. The van der Waals surface area contributed by atoms with Crippen LogP contribution in [0.5, 0.6) is 5.75 Å². The van der Waals surface area contributed by atoms with Crippen LogP contribution in [0.15, 0.2) is 42.7 Å². The Balaban J connectivity index is 0.000000360. The van der Waals surface area contributed by atoms with Gasteiger partial charge in [0.05, 0.1) is 11.8 Å². The van der Waals surface area contributed by atoms with E-state index in [2.05, 4.69) is 9.97 Å². The van der Waals surface area contributed by atoms with Gasteiger partial charge in [-0.05, 0) is 48.6 Å². The van der Waals surface area contributed by atoms with Crippen molar-refractivity contribution in [3.05, 3.63) is 54.0 Å². The van der Waals surface area contributed by atoms with E-state index >= 15 is 0 Å². The molecule has 1 saturated carbocycles. The van der Waals surface area contributed by atoms with Crippen LogP contribution in [0.2, 0.25) is 0 Å². The van der Waals surface area contributed by atoms with Gasteiger partial charge in [0.1, 0.15) is 11.4 Å². The lowest BCUT2D eigenvalue weighted by atomic mass is 9.78. The van der Waals surface area contributed by atoms with Crippen LogP contribution < -0.4 is 10.5 Å². The number of pyridine rings is 1.